The summed E-state index contributed by atoms with van der Waals surface area (Å²) in [5.74, 6) is 0.810. The number of para-hydroxylation sites is 1. The van der Waals surface area contributed by atoms with Gasteiger partial charge in [0.05, 0.1) is 12.4 Å². The molecule has 0 fully saturated rings. The van der Waals surface area contributed by atoms with Gasteiger partial charge in [0.15, 0.2) is 0 Å². The Bertz CT molecular complexity index is 646. The maximum Gasteiger partial charge on any atom is 0.233 e. The molecule has 0 aromatic heterocycles. The van der Waals surface area contributed by atoms with Crippen LogP contribution < -0.4 is 10.1 Å². The molecule has 2 aromatic carbocycles. The Labute approximate surface area is 146 Å². The molecule has 2 rings (SSSR count). The van der Waals surface area contributed by atoms with E-state index in [9.17, 15) is 4.79 Å². The highest BCUT2D eigenvalue weighted by atomic mass is 35.5. The monoisotopic (exact) mass is 349 g/mol. The SMILES string of the molecule is CC[C@H](Sc1ccc(Cl)cc1)C(=O)NCc1ccccc1OC. The van der Waals surface area contributed by atoms with E-state index >= 15 is 0 Å². The molecule has 0 saturated heterocycles. The van der Waals surface area contributed by atoms with Crippen molar-refractivity contribution in [1.29, 1.82) is 0 Å². The van der Waals surface area contributed by atoms with Crippen LogP contribution in [0.4, 0.5) is 0 Å². The number of nitrogens with one attached hydrogen (secondary N) is 1. The van der Waals surface area contributed by atoms with Crippen molar-refractivity contribution in [1.82, 2.24) is 5.32 Å². The van der Waals surface area contributed by atoms with Crippen molar-refractivity contribution < 1.29 is 9.53 Å². The fourth-order valence-electron chi connectivity index (χ4n) is 2.14. The number of carbonyl (C=O) groups is 1. The number of carbonyl (C=O) groups excluding carboxylic acids is 1. The average molecular weight is 350 g/mol. The summed E-state index contributed by atoms with van der Waals surface area (Å²) >= 11 is 7.44. The zero-order valence-electron chi connectivity index (χ0n) is 13.2. The molecule has 0 unspecified atom stereocenters. The van der Waals surface area contributed by atoms with Crippen LogP contribution in [0, 0.1) is 0 Å². The van der Waals surface area contributed by atoms with E-state index in [1.54, 1.807) is 18.9 Å². The molecule has 0 saturated carbocycles. The first-order valence-electron chi connectivity index (χ1n) is 7.46. The standard InChI is InChI=1S/C18H20ClNO2S/c1-3-17(23-15-10-8-14(19)9-11-15)18(21)20-12-13-6-4-5-7-16(13)22-2/h4-11,17H,3,12H2,1-2H3,(H,20,21)/t17-/m0/s1. The summed E-state index contributed by atoms with van der Waals surface area (Å²) in [7, 11) is 1.63. The molecule has 0 bridgehead atoms. The molecule has 0 aliphatic rings. The molecule has 122 valence electrons. The summed E-state index contributed by atoms with van der Waals surface area (Å²) in [5.41, 5.74) is 0.967. The van der Waals surface area contributed by atoms with Crippen LogP contribution in [-0.4, -0.2) is 18.3 Å². The summed E-state index contributed by atoms with van der Waals surface area (Å²) in [5, 5.41) is 3.55. The second-order valence-electron chi connectivity index (χ2n) is 5.00. The Morgan fingerprint density at radius 2 is 1.91 bits per heavy atom. The minimum absolute atomic E-state index is 0.0263. The second-order valence-corrected chi connectivity index (χ2v) is 6.71. The fourth-order valence-corrected chi connectivity index (χ4v) is 3.25. The van der Waals surface area contributed by atoms with Crippen LogP contribution in [0.2, 0.25) is 5.02 Å². The lowest BCUT2D eigenvalue weighted by Crippen LogP contribution is -2.31. The first-order valence-corrected chi connectivity index (χ1v) is 8.71. The number of hydrogen-bond donors (Lipinski definition) is 1. The lowest BCUT2D eigenvalue weighted by Gasteiger charge is -2.15. The van der Waals surface area contributed by atoms with E-state index in [2.05, 4.69) is 5.32 Å². The Morgan fingerprint density at radius 1 is 1.22 bits per heavy atom. The van der Waals surface area contributed by atoms with Crippen molar-refractivity contribution in [2.45, 2.75) is 30.0 Å². The van der Waals surface area contributed by atoms with Crippen LogP contribution in [0.25, 0.3) is 0 Å². The topological polar surface area (TPSA) is 38.3 Å². The molecule has 3 nitrogen and oxygen atoms in total. The molecule has 0 aliphatic heterocycles. The van der Waals surface area contributed by atoms with Gasteiger partial charge in [-0.05, 0) is 36.8 Å². The number of ether oxygens (including phenoxy) is 1. The van der Waals surface area contributed by atoms with Crippen LogP contribution in [0.5, 0.6) is 5.75 Å². The summed E-state index contributed by atoms with van der Waals surface area (Å²) < 4.78 is 5.30. The smallest absolute Gasteiger partial charge is 0.233 e. The predicted molar refractivity (Wildman–Crippen MR) is 96.2 cm³/mol. The van der Waals surface area contributed by atoms with Crippen molar-refractivity contribution in [2.24, 2.45) is 0 Å². The highest BCUT2D eigenvalue weighted by molar-refractivity contribution is 8.00. The molecule has 0 heterocycles. The summed E-state index contributed by atoms with van der Waals surface area (Å²) in [4.78, 5) is 13.5. The highest BCUT2D eigenvalue weighted by Gasteiger charge is 2.18. The van der Waals surface area contributed by atoms with E-state index in [4.69, 9.17) is 16.3 Å². The molecular weight excluding hydrogens is 330 g/mol. The van der Waals surface area contributed by atoms with Gasteiger partial charge in [-0.2, -0.15) is 0 Å². The van der Waals surface area contributed by atoms with Gasteiger partial charge in [0.2, 0.25) is 5.91 Å². The third-order valence-corrected chi connectivity index (χ3v) is 5.03. The molecule has 1 N–H and O–H groups in total. The lowest BCUT2D eigenvalue weighted by molar-refractivity contribution is -0.120. The van der Waals surface area contributed by atoms with E-state index in [-0.39, 0.29) is 11.2 Å². The quantitative estimate of drug-likeness (QED) is 0.746. The van der Waals surface area contributed by atoms with Crippen molar-refractivity contribution in [3.05, 3.63) is 59.1 Å². The number of halogens is 1. The number of methoxy groups -OCH3 is 1. The van der Waals surface area contributed by atoms with Crippen LogP contribution >= 0.6 is 23.4 Å². The van der Waals surface area contributed by atoms with Gasteiger partial charge in [-0.1, -0.05) is 36.7 Å². The zero-order chi connectivity index (χ0) is 16.7. The molecule has 1 amide bonds. The molecule has 0 aliphatic carbocycles. The number of benzene rings is 2. The van der Waals surface area contributed by atoms with E-state index in [1.165, 1.54) is 0 Å². The van der Waals surface area contributed by atoms with Crippen LogP contribution in [0.1, 0.15) is 18.9 Å². The molecule has 1 atom stereocenters. The minimum atomic E-state index is -0.133. The maximum absolute atomic E-state index is 12.4. The summed E-state index contributed by atoms with van der Waals surface area (Å²) in [6.07, 6.45) is 0.755. The predicted octanol–water partition coefficient (Wildman–Crippen LogP) is 4.54. The van der Waals surface area contributed by atoms with Crippen molar-refractivity contribution in [3.8, 4) is 5.75 Å². The van der Waals surface area contributed by atoms with E-state index in [0.29, 0.717) is 11.6 Å². The largest absolute Gasteiger partial charge is 0.496 e. The third-order valence-electron chi connectivity index (χ3n) is 3.40. The Kier molecular flexibility index (Phi) is 6.81. The summed E-state index contributed by atoms with van der Waals surface area (Å²) in [6, 6.07) is 15.2. The van der Waals surface area contributed by atoms with Crippen molar-refractivity contribution in [3.63, 3.8) is 0 Å². The van der Waals surface area contributed by atoms with Crippen LogP contribution in [0.3, 0.4) is 0 Å². The lowest BCUT2D eigenvalue weighted by atomic mass is 10.2. The Hall–Kier alpha value is -1.65. The molecule has 2 aromatic rings. The van der Waals surface area contributed by atoms with Gasteiger partial charge in [0.25, 0.3) is 0 Å². The first kappa shape index (κ1) is 17.7. The number of hydrogen-bond acceptors (Lipinski definition) is 3. The highest BCUT2D eigenvalue weighted by Crippen LogP contribution is 2.27. The minimum Gasteiger partial charge on any atom is -0.496 e. The van der Waals surface area contributed by atoms with Gasteiger partial charge >= 0.3 is 0 Å². The van der Waals surface area contributed by atoms with E-state index < -0.39 is 0 Å². The molecule has 5 heteroatoms. The van der Waals surface area contributed by atoms with Gasteiger partial charge in [0.1, 0.15) is 5.75 Å². The van der Waals surface area contributed by atoms with E-state index in [0.717, 1.165) is 22.6 Å². The van der Waals surface area contributed by atoms with Crippen molar-refractivity contribution in [2.75, 3.05) is 7.11 Å². The maximum atomic E-state index is 12.4. The van der Waals surface area contributed by atoms with Crippen LogP contribution in [0.15, 0.2) is 53.4 Å². The zero-order valence-corrected chi connectivity index (χ0v) is 14.8. The van der Waals surface area contributed by atoms with Gasteiger partial charge in [-0.3, -0.25) is 4.79 Å². The average Bonchev–Trinajstić information content (AvgIpc) is 2.59. The normalized spacial score (nSPS) is 11.8. The second kappa shape index (κ2) is 8.85. The third kappa shape index (κ3) is 5.19. The van der Waals surface area contributed by atoms with Gasteiger partial charge in [0, 0.05) is 22.0 Å². The van der Waals surface area contributed by atoms with Crippen LogP contribution in [-0.2, 0) is 11.3 Å². The Morgan fingerprint density at radius 3 is 2.57 bits per heavy atom. The van der Waals surface area contributed by atoms with Gasteiger partial charge in [-0.15, -0.1) is 11.8 Å². The van der Waals surface area contributed by atoms with Crippen molar-refractivity contribution >= 4 is 29.3 Å². The Balaban J connectivity index is 1.96. The molecule has 23 heavy (non-hydrogen) atoms. The fraction of sp³-hybridized carbons (Fsp3) is 0.278. The van der Waals surface area contributed by atoms with E-state index in [1.807, 2.05) is 55.5 Å². The molecule has 0 radical (unpaired) electrons. The molecular formula is C18H20ClNO2S. The summed E-state index contributed by atoms with van der Waals surface area (Å²) in [6.45, 7) is 2.47. The number of thioether (sulfide) groups is 1. The number of rotatable bonds is 7. The van der Waals surface area contributed by atoms with Gasteiger partial charge in [-0.25, -0.2) is 0 Å². The first-order chi connectivity index (χ1) is 11.1. The number of amides is 1. The van der Waals surface area contributed by atoms with Gasteiger partial charge < -0.3 is 10.1 Å². The molecule has 0 spiro atoms.